The summed E-state index contributed by atoms with van der Waals surface area (Å²) >= 11 is 0. The summed E-state index contributed by atoms with van der Waals surface area (Å²) in [5.41, 5.74) is 0.782. The summed E-state index contributed by atoms with van der Waals surface area (Å²) in [4.78, 5) is 8.09. The lowest BCUT2D eigenvalue weighted by Gasteiger charge is -2.09. The van der Waals surface area contributed by atoms with Gasteiger partial charge in [0.1, 0.15) is 5.76 Å². The second kappa shape index (κ2) is 6.51. The predicted molar refractivity (Wildman–Crippen MR) is 76.2 cm³/mol. The quantitative estimate of drug-likeness (QED) is 0.855. The van der Waals surface area contributed by atoms with Crippen molar-refractivity contribution >= 4 is 11.6 Å². The largest absolute Gasteiger partial charge is 0.444 e. The van der Waals surface area contributed by atoms with Crippen LogP contribution in [0.3, 0.4) is 0 Å². The number of nitrogens with one attached hydrogen (secondary N) is 2. The molecule has 2 rings (SSSR count). The molecule has 0 spiro atoms. The summed E-state index contributed by atoms with van der Waals surface area (Å²) in [7, 11) is 0. The van der Waals surface area contributed by atoms with Gasteiger partial charge in [0.2, 0.25) is 5.89 Å². The summed E-state index contributed by atoms with van der Waals surface area (Å²) in [5.74, 6) is -0.337. The first-order valence-electron chi connectivity index (χ1n) is 6.78. The van der Waals surface area contributed by atoms with E-state index in [1.165, 1.54) is 0 Å². The molecule has 2 aromatic heterocycles. The van der Waals surface area contributed by atoms with Gasteiger partial charge in [0, 0.05) is 12.6 Å². The Kier molecular flexibility index (Phi) is 4.72. The summed E-state index contributed by atoms with van der Waals surface area (Å²) in [6.07, 6.45) is 0.816. The van der Waals surface area contributed by atoms with Gasteiger partial charge in [0.25, 0.3) is 0 Å². The number of aromatic nitrogens is 2. The zero-order valence-corrected chi connectivity index (χ0v) is 12.3. The van der Waals surface area contributed by atoms with Gasteiger partial charge in [-0.1, -0.05) is 6.92 Å². The highest BCUT2D eigenvalue weighted by molar-refractivity contribution is 5.47. The number of oxazole rings is 1. The van der Waals surface area contributed by atoms with Gasteiger partial charge in [-0.3, -0.25) is 0 Å². The van der Waals surface area contributed by atoms with Crippen molar-refractivity contribution in [3.05, 3.63) is 35.0 Å². The molecule has 114 valence electrons. The molecule has 0 aliphatic rings. The van der Waals surface area contributed by atoms with Gasteiger partial charge in [-0.2, -0.15) is 0 Å². The van der Waals surface area contributed by atoms with E-state index in [9.17, 15) is 8.78 Å². The molecule has 0 aromatic carbocycles. The van der Waals surface area contributed by atoms with E-state index in [4.69, 9.17) is 4.42 Å². The van der Waals surface area contributed by atoms with Gasteiger partial charge in [-0.15, -0.1) is 0 Å². The monoisotopic (exact) mass is 296 g/mol. The van der Waals surface area contributed by atoms with Crippen LogP contribution >= 0.6 is 0 Å². The van der Waals surface area contributed by atoms with Crippen LogP contribution < -0.4 is 10.6 Å². The van der Waals surface area contributed by atoms with Gasteiger partial charge in [0.05, 0.1) is 12.2 Å². The van der Waals surface area contributed by atoms with Gasteiger partial charge in [0.15, 0.2) is 23.3 Å². The van der Waals surface area contributed by atoms with Crippen molar-refractivity contribution in [1.29, 1.82) is 0 Å². The average molecular weight is 296 g/mol. The molecular weight excluding hydrogens is 278 g/mol. The van der Waals surface area contributed by atoms with Gasteiger partial charge in [-0.05, 0) is 20.3 Å². The Balaban J connectivity index is 2.11. The van der Waals surface area contributed by atoms with Crippen molar-refractivity contribution < 1.29 is 13.2 Å². The summed E-state index contributed by atoms with van der Waals surface area (Å²) in [6, 6.07) is 0.805. The van der Waals surface area contributed by atoms with Crippen LogP contribution in [0.25, 0.3) is 0 Å². The molecule has 0 unspecified atom stereocenters. The Morgan fingerprint density at radius 2 is 1.76 bits per heavy atom. The van der Waals surface area contributed by atoms with E-state index in [-0.39, 0.29) is 18.2 Å². The molecule has 21 heavy (non-hydrogen) atoms. The van der Waals surface area contributed by atoms with Crippen LogP contribution in [-0.2, 0) is 6.54 Å². The number of hydrogen-bond acceptors (Lipinski definition) is 5. The third-order valence-electron chi connectivity index (χ3n) is 2.95. The summed E-state index contributed by atoms with van der Waals surface area (Å²) in [5, 5.41) is 5.57. The normalized spacial score (nSPS) is 10.7. The van der Waals surface area contributed by atoms with Crippen LogP contribution in [0, 0.1) is 25.5 Å². The highest BCUT2D eigenvalue weighted by atomic mass is 19.1. The van der Waals surface area contributed by atoms with E-state index < -0.39 is 11.6 Å². The Morgan fingerprint density at radius 3 is 2.33 bits per heavy atom. The molecule has 0 aliphatic heterocycles. The maximum absolute atomic E-state index is 13.7. The van der Waals surface area contributed by atoms with Crippen LogP contribution in [0.2, 0.25) is 0 Å². The zero-order valence-electron chi connectivity index (χ0n) is 12.3. The van der Waals surface area contributed by atoms with Crippen molar-refractivity contribution in [2.45, 2.75) is 33.7 Å². The fourth-order valence-electron chi connectivity index (χ4n) is 1.73. The van der Waals surface area contributed by atoms with Crippen LogP contribution in [0.1, 0.15) is 30.7 Å². The van der Waals surface area contributed by atoms with Crippen LogP contribution in [-0.4, -0.2) is 16.5 Å². The van der Waals surface area contributed by atoms with Crippen molar-refractivity contribution in [3.63, 3.8) is 0 Å². The molecule has 0 saturated heterocycles. The molecule has 2 aromatic rings. The SMILES string of the molecule is CCCNc1nc(NCc2nc(C)c(C)o2)c(F)cc1F. The van der Waals surface area contributed by atoms with E-state index in [1.54, 1.807) is 6.92 Å². The fraction of sp³-hybridized carbons (Fsp3) is 0.429. The fourth-order valence-corrected chi connectivity index (χ4v) is 1.73. The van der Waals surface area contributed by atoms with Crippen LogP contribution in [0.15, 0.2) is 10.5 Å². The molecule has 0 amide bonds. The first-order chi connectivity index (χ1) is 10.0. The minimum Gasteiger partial charge on any atom is -0.444 e. The van der Waals surface area contributed by atoms with E-state index >= 15 is 0 Å². The molecule has 5 nitrogen and oxygen atoms in total. The maximum Gasteiger partial charge on any atom is 0.213 e. The van der Waals surface area contributed by atoms with Crippen LogP contribution in [0.4, 0.5) is 20.4 Å². The molecule has 0 aliphatic carbocycles. The lowest BCUT2D eigenvalue weighted by Crippen LogP contribution is -2.09. The Labute approximate surface area is 121 Å². The highest BCUT2D eigenvalue weighted by Crippen LogP contribution is 2.20. The number of halogens is 2. The molecule has 0 atom stereocenters. The molecule has 0 saturated carbocycles. The Bertz CT molecular complexity index is 608. The number of pyridine rings is 1. The minimum atomic E-state index is -0.755. The standard InChI is InChI=1S/C14H18F2N4O/c1-4-5-17-13-10(15)6-11(16)14(20-13)18-7-12-19-8(2)9(3)21-12/h6H,4-5,7H2,1-3H3,(H2,17,18,20). The number of nitrogens with zero attached hydrogens (tertiary/aromatic N) is 2. The molecule has 0 fully saturated rings. The first-order valence-corrected chi connectivity index (χ1v) is 6.78. The van der Waals surface area contributed by atoms with Gasteiger partial charge in [-0.25, -0.2) is 18.7 Å². The third-order valence-corrected chi connectivity index (χ3v) is 2.95. The summed E-state index contributed by atoms with van der Waals surface area (Å²) < 4.78 is 32.6. The highest BCUT2D eigenvalue weighted by Gasteiger charge is 2.13. The zero-order chi connectivity index (χ0) is 15.4. The minimum absolute atomic E-state index is 0.0283. The van der Waals surface area contributed by atoms with Crippen molar-refractivity contribution in [2.24, 2.45) is 0 Å². The number of hydrogen-bond donors (Lipinski definition) is 2. The number of rotatable bonds is 6. The third kappa shape index (κ3) is 3.68. The molecular formula is C14H18F2N4O. The molecule has 0 radical (unpaired) electrons. The predicted octanol–water partition coefficient (Wildman–Crippen LogP) is 3.40. The van der Waals surface area contributed by atoms with Crippen molar-refractivity contribution in [2.75, 3.05) is 17.2 Å². The average Bonchev–Trinajstić information content (AvgIpc) is 2.76. The van der Waals surface area contributed by atoms with E-state index in [0.29, 0.717) is 18.2 Å². The number of anilines is 2. The molecule has 0 bridgehead atoms. The Hall–Kier alpha value is -2.18. The van der Waals surface area contributed by atoms with Gasteiger partial charge < -0.3 is 15.1 Å². The maximum atomic E-state index is 13.7. The molecule has 2 N–H and O–H groups in total. The smallest absolute Gasteiger partial charge is 0.213 e. The van der Waals surface area contributed by atoms with Crippen LogP contribution in [0.5, 0.6) is 0 Å². The Morgan fingerprint density at radius 1 is 1.10 bits per heavy atom. The second-order valence-electron chi connectivity index (χ2n) is 4.68. The van der Waals surface area contributed by atoms with E-state index in [1.807, 2.05) is 13.8 Å². The first kappa shape index (κ1) is 15.2. The van der Waals surface area contributed by atoms with Crippen molar-refractivity contribution in [3.8, 4) is 0 Å². The summed E-state index contributed by atoms with van der Waals surface area (Å²) in [6.45, 7) is 6.31. The van der Waals surface area contributed by atoms with Gasteiger partial charge >= 0.3 is 0 Å². The topological polar surface area (TPSA) is 63.0 Å². The lowest BCUT2D eigenvalue weighted by molar-refractivity contribution is 0.477. The second-order valence-corrected chi connectivity index (χ2v) is 4.68. The van der Waals surface area contributed by atoms with E-state index in [0.717, 1.165) is 18.2 Å². The van der Waals surface area contributed by atoms with Crippen molar-refractivity contribution in [1.82, 2.24) is 9.97 Å². The van der Waals surface area contributed by atoms with E-state index in [2.05, 4.69) is 20.6 Å². The molecule has 7 heteroatoms. The number of aryl methyl sites for hydroxylation is 2. The molecule has 2 heterocycles. The lowest BCUT2D eigenvalue weighted by atomic mass is 10.3.